The quantitative estimate of drug-likeness (QED) is 0.662. The molecule has 0 aliphatic rings. The fourth-order valence-corrected chi connectivity index (χ4v) is 2.94. The molecule has 1 aromatic carbocycles. The van der Waals surface area contributed by atoms with Crippen LogP contribution in [0.15, 0.2) is 42.7 Å². The maximum absolute atomic E-state index is 6.35. The molecule has 0 saturated heterocycles. The number of imidazole rings is 1. The number of halogens is 2. The second-order valence-corrected chi connectivity index (χ2v) is 5.62. The predicted octanol–water partition coefficient (Wildman–Crippen LogP) is 4.11. The van der Waals surface area contributed by atoms with Crippen LogP contribution in [0.4, 0.5) is 0 Å². The van der Waals surface area contributed by atoms with Crippen molar-refractivity contribution in [1.82, 2.24) is 14.5 Å². The Labute approximate surface area is 133 Å². The lowest BCUT2D eigenvalue weighted by Gasteiger charge is -2.09. The molecule has 21 heavy (non-hydrogen) atoms. The van der Waals surface area contributed by atoms with Gasteiger partial charge in [-0.1, -0.05) is 17.7 Å². The van der Waals surface area contributed by atoms with Crippen LogP contribution in [0.25, 0.3) is 11.0 Å². The van der Waals surface area contributed by atoms with Crippen molar-refractivity contribution in [1.29, 1.82) is 0 Å². The van der Waals surface area contributed by atoms with Gasteiger partial charge in [-0.15, -0.1) is 11.6 Å². The minimum Gasteiger partial charge on any atom is -0.326 e. The molecular weight excluding hydrogens is 305 g/mol. The van der Waals surface area contributed by atoms with E-state index in [0.29, 0.717) is 5.88 Å². The molecule has 0 N–H and O–H groups in total. The van der Waals surface area contributed by atoms with Gasteiger partial charge in [0.1, 0.15) is 5.82 Å². The first-order chi connectivity index (χ1) is 10.3. The second-order valence-electron chi connectivity index (χ2n) is 4.83. The van der Waals surface area contributed by atoms with E-state index in [1.54, 1.807) is 0 Å². The molecule has 0 radical (unpaired) electrons. The number of rotatable bonds is 5. The number of aryl methyl sites for hydroxylation is 3. The van der Waals surface area contributed by atoms with Gasteiger partial charge in [0.15, 0.2) is 0 Å². The van der Waals surface area contributed by atoms with Crippen molar-refractivity contribution in [3.63, 3.8) is 0 Å². The van der Waals surface area contributed by atoms with E-state index in [1.165, 1.54) is 5.56 Å². The van der Waals surface area contributed by atoms with Crippen LogP contribution < -0.4 is 0 Å². The van der Waals surface area contributed by atoms with Gasteiger partial charge in [0.2, 0.25) is 0 Å². The van der Waals surface area contributed by atoms with E-state index in [1.807, 2.05) is 42.7 Å². The lowest BCUT2D eigenvalue weighted by molar-refractivity contribution is 0.674. The number of pyridine rings is 1. The van der Waals surface area contributed by atoms with Gasteiger partial charge in [0.05, 0.1) is 16.1 Å². The molecule has 0 amide bonds. The largest absolute Gasteiger partial charge is 0.326 e. The molecule has 3 aromatic rings. The zero-order valence-electron chi connectivity index (χ0n) is 11.5. The second kappa shape index (κ2) is 6.46. The minimum atomic E-state index is 0.552. The molecule has 0 aliphatic carbocycles. The Morgan fingerprint density at radius 3 is 2.62 bits per heavy atom. The molecule has 2 aromatic heterocycles. The van der Waals surface area contributed by atoms with Gasteiger partial charge < -0.3 is 4.57 Å². The molecular formula is C16H15Cl2N3. The summed E-state index contributed by atoms with van der Waals surface area (Å²) < 4.78 is 2.18. The highest BCUT2D eigenvalue weighted by Crippen LogP contribution is 2.25. The summed E-state index contributed by atoms with van der Waals surface area (Å²) in [5, 5.41) is 0.732. The Hall–Kier alpha value is -1.58. The van der Waals surface area contributed by atoms with E-state index < -0.39 is 0 Å². The Morgan fingerprint density at radius 2 is 1.86 bits per heavy atom. The van der Waals surface area contributed by atoms with E-state index in [4.69, 9.17) is 23.2 Å². The van der Waals surface area contributed by atoms with Crippen molar-refractivity contribution in [3.05, 3.63) is 59.1 Å². The van der Waals surface area contributed by atoms with Crippen LogP contribution in [0.2, 0.25) is 5.02 Å². The molecule has 3 nitrogen and oxygen atoms in total. The van der Waals surface area contributed by atoms with Crippen molar-refractivity contribution in [2.45, 2.75) is 19.4 Å². The standard InChI is InChI=1S/C16H15Cl2N3/c17-8-4-15-20-14-3-1-2-13(18)16(14)21(15)11-7-12-5-9-19-10-6-12/h1-3,5-6,9-10H,4,7-8,11H2. The fraction of sp³-hybridized carbons (Fsp3) is 0.250. The van der Waals surface area contributed by atoms with E-state index >= 15 is 0 Å². The van der Waals surface area contributed by atoms with Crippen molar-refractivity contribution in [2.75, 3.05) is 5.88 Å². The summed E-state index contributed by atoms with van der Waals surface area (Å²) in [4.78, 5) is 8.70. The SMILES string of the molecule is ClCCc1nc2cccc(Cl)c2n1CCc1ccncc1. The Morgan fingerprint density at radius 1 is 1.05 bits per heavy atom. The van der Waals surface area contributed by atoms with Gasteiger partial charge in [0.25, 0.3) is 0 Å². The number of aromatic nitrogens is 3. The highest BCUT2D eigenvalue weighted by Gasteiger charge is 2.12. The van der Waals surface area contributed by atoms with E-state index in [-0.39, 0.29) is 0 Å². The highest BCUT2D eigenvalue weighted by molar-refractivity contribution is 6.35. The molecule has 0 bridgehead atoms. The Kier molecular flexibility index (Phi) is 4.42. The van der Waals surface area contributed by atoms with Crippen molar-refractivity contribution >= 4 is 34.2 Å². The summed E-state index contributed by atoms with van der Waals surface area (Å²) >= 11 is 12.3. The average molecular weight is 320 g/mol. The van der Waals surface area contributed by atoms with Crippen LogP contribution in [0, 0.1) is 0 Å². The monoisotopic (exact) mass is 319 g/mol. The number of hydrogen-bond acceptors (Lipinski definition) is 2. The van der Waals surface area contributed by atoms with Gasteiger partial charge in [0, 0.05) is 31.2 Å². The third-order valence-electron chi connectivity index (χ3n) is 3.49. The van der Waals surface area contributed by atoms with Gasteiger partial charge >= 0.3 is 0 Å². The maximum atomic E-state index is 6.35. The molecule has 0 fully saturated rings. The molecule has 0 saturated carbocycles. The smallest absolute Gasteiger partial charge is 0.111 e. The summed E-state index contributed by atoms with van der Waals surface area (Å²) in [6.07, 6.45) is 5.28. The minimum absolute atomic E-state index is 0.552. The van der Waals surface area contributed by atoms with Gasteiger partial charge in [-0.25, -0.2) is 4.98 Å². The first-order valence-electron chi connectivity index (χ1n) is 6.88. The molecule has 0 spiro atoms. The predicted molar refractivity (Wildman–Crippen MR) is 87.1 cm³/mol. The number of fused-ring (bicyclic) bond motifs is 1. The van der Waals surface area contributed by atoms with Gasteiger partial charge in [-0.3, -0.25) is 4.98 Å². The van der Waals surface area contributed by atoms with Crippen molar-refractivity contribution in [3.8, 4) is 0 Å². The number of hydrogen-bond donors (Lipinski definition) is 0. The lowest BCUT2D eigenvalue weighted by Crippen LogP contribution is -2.07. The summed E-state index contributed by atoms with van der Waals surface area (Å²) in [7, 11) is 0. The summed E-state index contributed by atoms with van der Waals surface area (Å²) in [5.74, 6) is 1.54. The summed E-state index contributed by atoms with van der Waals surface area (Å²) in [6.45, 7) is 0.830. The van der Waals surface area contributed by atoms with Gasteiger partial charge in [-0.05, 0) is 36.2 Å². The van der Waals surface area contributed by atoms with E-state index in [2.05, 4.69) is 14.5 Å². The highest BCUT2D eigenvalue weighted by atomic mass is 35.5. The van der Waals surface area contributed by atoms with Crippen molar-refractivity contribution < 1.29 is 0 Å². The van der Waals surface area contributed by atoms with Crippen LogP contribution in [-0.4, -0.2) is 20.4 Å². The molecule has 3 rings (SSSR count). The topological polar surface area (TPSA) is 30.7 Å². The first kappa shape index (κ1) is 14.4. The van der Waals surface area contributed by atoms with E-state index in [9.17, 15) is 0 Å². The Balaban J connectivity index is 1.97. The molecule has 2 heterocycles. The normalized spacial score (nSPS) is 11.1. The molecule has 0 aliphatic heterocycles. The third-order valence-corrected chi connectivity index (χ3v) is 3.98. The summed E-state index contributed by atoms with van der Waals surface area (Å²) in [5.41, 5.74) is 3.17. The number of para-hydroxylation sites is 1. The zero-order chi connectivity index (χ0) is 14.7. The molecule has 5 heteroatoms. The third kappa shape index (κ3) is 3.04. The van der Waals surface area contributed by atoms with Crippen LogP contribution in [-0.2, 0) is 19.4 Å². The maximum Gasteiger partial charge on any atom is 0.111 e. The fourth-order valence-electron chi connectivity index (χ4n) is 2.50. The van der Waals surface area contributed by atoms with E-state index in [0.717, 1.165) is 41.3 Å². The summed E-state index contributed by atoms with van der Waals surface area (Å²) in [6, 6.07) is 9.88. The van der Waals surface area contributed by atoms with Crippen LogP contribution in [0.3, 0.4) is 0 Å². The van der Waals surface area contributed by atoms with Crippen molar-refractivity contribution in [2.24, 2.45) is 0 Å². The average Bonchev–Trinajstić information content (AvgIpc) is 2.85. The zero-order valence-corrected chi connectivity index (χ0v) is 13.0. The van der Waals surface area contributed by atoms with Crippen LogP contribution >= 0.6 is 23.2 Å². The van der Waals surface area contributed by atoms with Gasteiger partial charge in [-0.2, -0.15) is 0 Å². The van der Waals surface area contributed by atoms with Crippen LogP contribution in [0.5, 0.6) is 0 Å². The van der Waals surface area contributed by atoms with Crippen LogP contribution in [0.1, 0.15) is 11.4 Å². The number of alkyl halides is 1. The number of nitrogens with zero attached hydrogens (tertiary/aromatic N) is 3. The number of benzene rings is 1. The lowest BCUT2D eigenvalue weighted by atomic mass is 10.2. The first-order valence-corrected chi connectivity index (χ1v) is 7.79. The molecule has 0 atom stereocenters. The Bertz CT molecular complexity index is 738. The molecule has 0 unspecified atom stereocenters. The molecule has 108 valence electrons.